The van der Waals surface area contributed by atoms with E-state index in [9.17, 15) is 0 Å². The summed E-state index contributed by atoms with van der Waals surface area (Å²) < 4.78 is 0. The van der Waals surface area contributed by atoms with Gasteiger partial charge in [-0.2, -0.15) is 0 Å². The molecule has 0 atom stereocenters. The summed E-state index contributed by atoms with van der Waals surface area (Å²) in [5.74, 6) is 0.835. The van der Waals surface area contributed by atoms with Crippen molar-refractivity contribution in [2.24, 2.45) is 5.73 Å². The Hall–Kier alpha value is -2.39. The monoisotopic (exact) mass is 263 g/mol. The Morgan fingerprint density at radius 1 is 1.05 bits per heavy atom. The van der Waals surface area contributed by atoms with Crippen LogP contribution in [0.15, 0.2) is 54.6 Å². The number of aromatic nitrogens is 1. The number of fused-ring (bicyclic) bond motifs is 1. The lowest BCUT2D eigenvalue weighted by molar-refractivity contribution is 1.07. The second-order valence-electron chi connectivity index (χ2n) is 4.88. The molecule has 1 aromatic heterocycles. The highest BCUT2D eigenvalue weighted by Crippen LogP contribution is 2.22. The predicted molar refractivity (Wildman–Crippen MR) is 84.1 cm³/mol. The third-order valence-corrected chi connectivity index (χ3v) is 3.34. The minimum Gasteiger partial charge on any atom is -0.340 e. The second kappa shape index (κ2) is 5.31. The Bertz CT molecular complexity index is 750. The van der Waals surface area contributed by atoms with Crippen molar-refractivity contribution in [1.82, 2.24) is 4.98 Å². The lowest BCUT2D eigenvalue weighted by Crippen LogP contribution is -2.03. The topological polar surface area (TPSA) is 50.9 Å². The smallest absolute Gasteiger partial charge is 0.131 e. The van der Waals surface area contributed by atoms with Crippen LogP contribution in [0.4, 0.5) is 11.5 Å². The first-order valence-corrected chi connectivity index (χ1v) is 6.69. The highest BCUT2D eigenvalue weighted by atomic mass is 15.0. The number of anilines is 2. The largest absolute Gasteiger partial charge is 0.340 e. The van der Waals surface area contributed by atoms with E-state index >= 15 is 0 Å². The van der Waals surface area contributed by atoms with E-state index in [1.807, 2.05) is 30.3 Å². The molecular formula is C17H17N3. The minimum absolute atomic E-state index is 0.512. The van der Waals surface area contributed by atoms with E-state index in [-0.39, 0.29) is 0 Å². The van der Waals surface area contributed by atoms with Gasteiger partial charge >= 0.3 is 0 Å². The molecule has 0 saturated heterocycles. The first kappa shape index (κ1) is 12.6. The molecule has 1 heterocycles. The number of benzene rings is 2. The molecule has 0 spiro atoms. The molecule has 2 aromatic carbocycles. The molecule has 0 saturated carbocycles. The number of hydrogen-bond acceptors (Lipinski definition) is 3. The van der Waals surface area contributed by atoms with Crippen LogP contribution in [0.3, 0.4) is 0 Å². The van der Waals surface area contributed by atoms with Crippen LogP contribution < -0.4 is 11.1 Å². The Kier molecular flexibility index (Phi) is 3.35. The molecule has 0 fully saturated rings. The van der Waals surface area contributed by atoms with E-state index < -0.39 is 0 Å². The molecular weight excluding hydrogens is 246 g/mol. The SMILES string of the molecule is Cc1ccc(Nc2ccc3ccccc3n2)c(CN)c1. The number of nitrogens with one attached hydrogen (secondary N) is 1. The maximum atomic E-state index is 5.80. The average Bonchev–Trinajstić information content (AvgIpc) is 2.49. The zero-order valence-electron chi connectivity index (χ0n) is 11.4. The van der Waals surface area contributed by atoms with Gasteiger partial charge in [-0.25, -0.2) is 4.98 Å². The zero-order valence-corrected chi connectivity index (χ0v) is 11.4. The van der Waals surface area contributed by atoms with Gasteiger partial charge in [0.15, 0.2) is 0 Å². The highest BCUT2D eigenvalue weighted by molar-refractivity contribution is 5.80. The van der Waals surface area contributed by atoms with Crippen LogP contribution in [0.2, 0.25) is 0 Å². The fourth-order valence-electron chi connectivity index (χ4n) is 2.29. The highest BCUT2D eigenvalue weighted by Gasteiger charge is 2.03. The van der Waals surface area contributed by atoms with Gasteiger partial charge in [-0.3, -0.25) is 0 Å². The molecule has 3 heteroatoms. The third kappa shape index (κ3) is 2.49. The molecule has 0 radical (unpaired) electrons. The van der Waals surface area contributed by atoms with Gasteiger partial charge in [-0.1, -0.05) is 35.9 Å². The Morgan fingerprint density at radius 2 is 1.90 bits per heavy atom. The van der Waals surface area contributed by atoms with E-state index in [4.69, 9.17) is 5.73 Å². The average molecular weight is 263 g/mol. The molecule has 20 heavy (non-hydrogen) atoms. The van der Waals surface area contributed by atoms with Crippen molar-refractivity contribution in [3.8, 4) is 0 Å². The summed E-state index contributed by atoms with van der Waals surface area (Å²) >= 11 is 0. The molecule has 0 aliphatic heterocycles. The van der Waals surface area contributed by atoms with Gasteiger partial charge in [0.25, 0.3) is 0 Å². The number of aryl methyl sites for hydroxylation is 1. The second-order valence-corrected chi connectivity index (χ2v) is 4.88. The maximum absolute atomic E-state index is 5.80. The van der Waals surface area contributed by atoms with Crippen molar-refractivity contribution < 1.29 is 0 Å². The van der Waals surface area contributed by atoms with E-state index in [0.717, 1.165) is 28.0 Å². The molecule has 3 aromatic rings. The van der Waals surface area contributed by atoms with Crippen LogP contribution in [-0.4, -0.2) is 4.98 Å². The first-order chi connectivity index (χ1) is 9.76. The van der Waals surface area contributed by atoms with E-state index in [1.165, 1.54) is 5.56 Å². The number of pyridine rings is 1. The summed E-state index contributed by atoms with van der Waals surface area (Å²) in [6.45, 7) is 2.58. The summed E-state index contributed by atoms with van der Waals surface area (Å²) in [5.41, 5.74) is 10.1. The molecule has 3 rings (SSSR count). The van der Waals surface area contributed by atoms with Crippen molar-refractivity contribution >= 4 is 22.4 Å². The van der Waals surface area contributed by atoms with Crippen molar-refractivity contribution in [2.75, 3.05) is 5.32 Å². The maximum Gasteiger partial charge on any atom is 0.131 e. The normalized spacial score (nSPS) is 10.7. The van der Waals surface area contributed by atoms with Crippen LogP contribution in [0, 0.1) is 6.92 Å². The zero-order chi connectivity index (χ0) is 13.9. The standard InChI is InChI=1S/C17H17N3/c1-12-6-8-16(14(10-12)11-18)20-17-9-7-13-4-2-3-5-15(13)19-17/h2-10H,11,18H2,1H3,(H,19,20). The summed E-state index contributed by atoms with van der Waals surface area (Å²) in [6, 6.07) is 18.4. The van der Waals surface area contributed by atoms with Gasteiger partial charge < -0.3 is 11.1 Å². The van der Waals surface area contributed by atoms with Gasteiger partial charge in [0, 0.05) is 17.6 Å². The number of nitrogens with two attached hydrogens (primary N) is 1. The molecule has 0 aliphatic carbocycles. The van der Waals surface area contributed by atoms with Gasteiger partial charge in [-0.05, 0) is 36.8 Å². The number of rotatable bonds is 3. The van der Waals surface area contributed by atoms with E-state index in [2.05, 4.69) is 41.5 Å². The van der Waals surface area contributed by atoms with Crippen molar-refractivity contribution in [3.05, 3.63) is 65.7 Å². The molecule has 0 amide bonds. The summed E-state index contributed by atoms with van der Waals surface area (Å²) in [5, 5.41) is 4.49. The van der Waals surface area contributed by atoms with Crippen LogP contribution in [0.1, 0.15) is 11.1 Å². The molecule has 3 N–H and O–H groups in total. The summed E-state index contributed by atoms with van der Waals surface area (Å²) in [4.78, 5) is 4.62. The van der Waals surface area contributed by atoms with Gasteiger partial charge in [0.1, 0.15) is 5.82 Å². The quantitative estimate of drug-likeness (QED) is 0.756. The predicted octanol–water partition coefficient (Wildman–Crippen LogP) is 3.75. The Morgan fingerprint density at radius 3 is 2.75 bits per heavy atom. The van der Waals surface area contributed by atoms with Crippen LogP contribution in [-0.2, 0) is 6.54 Å². The fraction of sp³-hybridized carbons (Fsp3) is 0.118. The van der Waals surface area contributed by atoms with Crippen LogP contribution >= 0.6 is 0 Å². The number of para-hydroxylation sites is 1. The van der Waals surface area contributed by atoms with Gasteiger partial charge in [0.2, 0.25) is 0 Å². The molecule has 0 unspecified atom stereocenters. The van der Waals surface area contributed by atoms with Gasteiger partial charge in [-0.15, -0.1) is 0 Å². The lowest BCUT2D eigenvalue weighted by atomic mass is 10.1. The number of nitrogens with zero attached hydrogens (tertiary/aromatic N) is 1. The fourth-order valence-corrected chi connectivity index (χ4v) is 2.29. The molecule has 0 bridgehead atoms. The molecule has 0 aliphatic rings. The van der Waals surface area contributed by atoms with Crippen molar-refractivity contribution in [3.63, 3.8) is 0 Å². The summed E-state index contributed by atoms with van der Waals surface area (Å²) in [7, 11) is 0. The summed E-state index contributed by atoms with van der Waals surface area (Å²) in [6.07, 6.45) is 0. The van der Waals surface area contributed by atoms with Crippen molar-refractivity contribution in [2.45, 2.75) is 13.5 Å². The van der Waals surface area contributed by atoms with E-state index in [0.29, 0.717) is 6.54 Å². The van der Waals surface area contributed by atoms with E-state index in [1.54, 1.807) is 0 Å². The lowest BCUT2D eigenvalue weighted by Gasteiger charge is -2.11. The van der Waals surface area contributed by atoms with Gasteiger partial charge in [0.05, 0.1) is 5.52 Å². The minimum atomic E-state index is 0.512. The third-order valence-electron chi connectivity index (χ3n) is 3.34. The molecule has 100 valence electrons. The van der Waals surface area contributed by atoms with Crippen LogP contribution in [0.5, 0.6) is 0 Å². The van der Waals surface area contributed by atoms with Crippen molar-refractivity contribution in [1.29, 1.82) is 0 Å². The first-order valence-electron chi connectivity index (χ1n) is 6.69. The Balaban J connectivity index is 1.96. The Labute approximate surface area is 118 Å². The number of hydrogen-bond donors (Lipinski definition) is 2. The van der Waals surface area contributed by atoms with Crippen LogP contribution in [0.25, 0.3) is 10.9 Å². The molecule has 3 nitrogen and oxygen atoms in total.